The lowest BCUT2D eigenvalue weighted by Gasteiger charge is -2.29. The molecule has 1 amide bonds. The Labute approximate surface area is 116 Å². The van der Waals surface area contributed by atoms with Crippen LogP contribution >= 0.6 is 15.9 Å². The van der Waals surface area contributed by atoms with Gasteiger partial charge < -0.3 is 4.90 Å². The van der Waals surface area contributed by atoms with Gasteiger partial charge in [-0.2, -0.15) is 5.26 Å². The van der Waals surface area contributed by atoms with Crippen molar-refractivity contribution >= 4 is 21.8 Å². The van der Waals surface area contributed by atoms with E-state index in [0.717, 1.165) is 28.4 Å². The van der Waals surface area contributed by atoms with Crippen LogP contribution in [0.3, 0.4) is 0 Å². The number of nitrogens with zero attached hydrogens (tertiary/aromatic N) is 2. The Kier molecular flexibility index (Phi) is 4.03. The molecule has 94 valence electrons. The second-order valence-corrected chi connectivity index (χ2v) is 5.57. The first-order valence-electron chi connectivity index (χ1n) is 6.07. The highest BCUT2D eigenvalue weighted by Crippen LogP contribution is 2.21. The molecule has 1 fully saturated rings. The Morgan fingerprint density at radius 3 is 2.67 bits per heavy atom. The predicted molar refractivity (Wildman–Crippen MR) is 73.1 cm³/mol. The van der Waals surface area contributed by atoms with Crippen molar-refractivity contribution in [1.82, 2.24) is 4.90 Å². The largest absolute Gasteiger partial charge is 0.339 e. The first kappa shape index (κ1) is 13.1. The van der Waals surface area contributed by atoms with Crippen LogP contribution in [-0.2, 0) is 0 Å². The second kappa shape index (κ2) is 5.53. The molecule has 1 aliphatic heterocycles. The molecule has 1 saturated heterocycles. The lowest BCUT2D eigenvalue weighted by atomic mass is 9.97. The fourth-order valence-electron chi connectivity index (χ4n) is 2.25. The summed E-state index contributed by atoms with van der Waals surface area (Å²) in [6.07, 6.45) is 1.58. The summed E-state index contributed by atoms with van der Waals surface area (Å²) in [5.41, 5.74) is 1.74. The molecule has 0 bridgehead atoms. The molecular weight excluding hydrogens is 292 g/mol. The van der Waals surface area contributed by atoms with E-state index in [1.54, 1.807) is 0 Å². The molecule has 0 aromatic heterocycles. The third-order valence-electron chi connectivity index (χ3n) is 3.38. The summed E-state index contributed by atoms with van der Waals surface area (Å²) in [7, 11) is 0. The Hall–Kier alpha value is -1.34. The van der Waals surface area contributed by atoms with E-state index in [2.05, 4.69) is 22.0 Å². The highest BCUT2D eigenvalue weighted by atomic mass is 79.9. The molecule has 0 atom stereocenters. The minimum Gasteiger partial charge on any atom is -0.339 e. The zero-order valence-electron chi connectivity index (χ0n) is 10.3. The zero-order valence-corrected chi connectivity index (χ0v) is 11.9. The number of amides is 1. The lowest BCUT2D eigenvalue weighted by molar-refractivity contribution is 0.0706. The highest BCUT2D eigenvalue weighted by molar-refractivity contribution is 9.10. The number of halogens is 1. The van der Waals surface area contributed by atoms with E-state index in [1.165, 1.54) is 0 Å². The van der Waals surface area contributed by atoms with Crippen LogP contribution in [0, 0.1) is 24.2 Å². The van der Waals surface area contributed by atoms with Gasteiger partial charge in [0.05, 0.1) is 6.07 Å². The summed E-state index contributed by atoms with van der Waals surface area (Å²) in [6.45, 7) is 3.32. The van der Waals surface area contributed by atoms with Crippen molar-refractivity contribution in [3.63, 3.8) is 0 Å². The van der Waals surface area contributed by atoms with Gasteiger partial charge >= 0.3 is 0 Å². The van der Waals surface area contributed by atoms with E-state index in [4.69, 9.17) is 5.26 Å². The number of carbonyl (C=O) groups excluding carboxylic acids is 1. The average molecular weight is 307 g/mol. The van der Waals surface area contributed by atoms with Gasteiger partial charge in [-0.25, -0.2) is 0 Å². The number of hydrogen-bond donors (Lipinski definition) is 0. The molecule has 0 unspecified atom stereocenters. The smallest absolute Gasteiger partial charge is 0.254 e. The van der Waals surface area contributed by atoms with Gasteiger partial charge in [0.15, 0.2) is 0 Å². The molecular formula is C14H15BrN2O. The first-order chi connectivity index (χ1) is 8.61. The molecule has 0 spiro atoms. The molecule has 2 rings (SSSR count). The summed E-state index contributed by atoms with van der Waals surface area (Å²) in [5.74, 6) is 0.191. The van der Waals surface area contributed by atoms with Gasteiger partial charge in [-0.15, -0.1) is 0 Å². The van der Waals surface area contributed by atoms with E-state index >= 15 is 0 Å². The van der Waals surface area contributed by atoms with Crippen molar-refractivity contribution in [3.8, 4) is 6.07 Å². The standard InChI is InChI=1S/C14H15BrN2O/c1-10-8-12(15)2-3-13(10)14(18)17-6-4-11(9-16)5-7-17/h2-3,8,11H,4-7H2,1H3. The van der Waals surface area contributed by atoms with E-state index in [-0.39, 0.29) is 11.8 Å². The van der Waals surface area contributed by atoms with Crippen LogP contribution in [0.4, 0.5) is 0 Å². The molecule has 1 heterocycles. The van der Waals surface area contributed by atoms with E-state index < -0.39 is 0 Å². The SMILES string of the molecule is Cc1cc(Br)ccc1C(=O)N1CCC(C#N)CC1. The van der Waals surface area contributed by atoms with Crippen LogP contribution in [0.5, 0.6) is 0 Å². The molecule has 0 radical (unpaired) electrons. The van der Waals surface area contributed by atoms with Crippen LogP contribution in [0.15, 0.2) is 22.7 Å². The highest BCUT2D eigenvalue weighted by Gasteiger charge is 2.24. The molecule has 1 aliphatic rings. The minimum atomic E-state index is 0.0800. The van der Waals surface area contributed by atoms with Crippen LogP contribution < -0.4 is 0 Å². The Morgan fingerprint density at radius 2 is 2.11 bits per heavy atom. The summed E-state index contributed by atoms with van der Waals surface area (Å²) in [5, 5.41) is 8.85. The molecule has 18 heavy (non-hydrogen) atoms. The maximum atomic E-state index is 12.4. The van der Waals surface area contributed by atoms with Crippen molar-refractivity contribution < 1.29 is 4.79 Å². The number of nitriles is 1. The maximum Gasteiger partial charge on any atom is 0.254 e. The number of likely N-dealkylation sites (tertiary alicyclic amines) is 1. The van der Waals surface area contributed by atoms with Crippen molar-refractivity contribution in [2.24, 2.45) is 5.92 Å². The van der Waals surface area contributed by atoms with Gasteiger partial charge in [-0.3, -0.25) is 4.79 Å². The van der Waals surface area contributed by atoms with Crippen LogP contribution in [0.2, 0.25) is 0 Å². The Bertz CT molecular complexity index is 499. The van der Waals surface area contributed by atoms with Crippen LogP contribution in [0.1, 0.15) is 28.8 Å². The molecule has 3 nitrogen and oxygen atoms in total. The molecule has 1 aromatic carbocycles. The Balaban J connectivity index is 2.11. The number of aryl methyl sites for hydroxylation is 1. The van der Waals surface area contributed by atoms with E-state index in [9.17, 15) is 4.79 Å². The van der Waals surface area contributed by atoms with Crippen LogP contribution in [0.25, 0.3) is 0 Å². The molecule has 1 aromatic rings. The van der Waals surface area contributed by atoms with Gasteiger partial charge in [-0.05, 0) is 43.5 Å². The van der Waals surface area contributed by atoms with Crippen molar-refractivity contribution in [2.75, 3.05) is 13.1 Å². The van der Waals surface area contributed by atoms with Gasteiger partial charge in [-0.1, -0.05) is 15.9 Å². The van der Waals surface area contributed by atoms with Crippen LogP contribution in [-0.4, -0.2) is 23.9 Å². The number of rotatable bonds is 1. The summed E-state index contributed by atoms with van der Waals surface area (Å²) in [4.78, 5) is 14.2. The number of carbonyl (C=O) groups is 1. The topological polar surface area (TPSA) is 44.1 Å². The van der Waals surface area contributed by atoms with Crippen molar-refractivity contribution in [3.05, 3.63) is 33.8 Å². The van der Waals surface area contributed by atoms with E-state index in [1.807, 2.05) is 30.0 Å². The monoisotopic (exact) mass is 306 g/mol. The molecule has 4 heteroatoms. The first-order valence-corrected chi connectivity index (χ1v) is 6.86. The fraction of sp³-hybridized carbons (Fsp3) is 0.429. The number of benzene rings is 1. The van der Waals surface area contributed by atoms with E-state index in [0.29, 0.717) is 13.1 Å². The summed E-state index contributed by atoms with van der Waals surface area (Å²) >= 11 is 3.40. The van der Waals surface area contributed by atoms with Gasteiger partial charge in [0.1, 0.15) is 0 Å². The average Bonchev–Trinajstić information content (AvgIpc) is 2.38. The maximum absolute atomic E-state index is 12.4. The third kappa shape index (κ3) is 2.73. The fourth-order valence-corrected chi connectivity index (χ4v) is 2.72. The quantitative estimate of drug-likeness (QED) is 0.800. The van der Waals surface area contributed by atoms with Gasteiger partial charge in [0.2, 0.25) is 0 Å². The van der Waals surface area contributed by atoms with Gasteiger partial charge in [0.25, 0.3) is 5.91 Å². The predicted octanol–water partition coefficient (Wildman–Crippen LogP) is 3.13. The third-order valence-corrected chi connectivity index (χ3v) is 3.88. The van der Waals surface area contributed by atoms with Crippen molar-refractivity contribution in [1.29, 1.82) is 5.26 Å². The number of hydrogen-bond acceptors (Lipinski definition) is 2. The minimum absolute atomic E-state index is 0.0800. The zero-order chi connectivity index (χ0) is 13.1. The van der Waals surface area contributed by atoms with Crippen molar-refractivity contribution in [2.45, 2.75) is 19.8 Å². The Morgan fingerprint density at radius 1 is 1.44 bits per heavy atom. The summed E-state index contributed by atoms with van der Waals surface area (Å²) < 4.78 is 0.986. The molecule has 0 aliphatic carbocycles. The summed E-state index contributed by atoms with van der Waals surface area (Å²) in [6, 6.07) is 7.98. The number of piperidine rings is 1. The van der Waals surface area contributed by atoms with Gasteiger partial charge in [0, 0.05) is 29.0 Å². The molecule has 0 saturated carbocycles. The normalized spacial score (nSPS) is 16.4. The lowest BCUT2D eigenvalue weighted by Crippen LogP contribution is -2.38. The molecule has 0 N–H and O–H groups in total. The second-order valence-electron chi connectivity index (χ2n) is 4.65.